The Balaban J connectivity index is 1.45. The van der Waals surface area contributed by atoms with Crippen LogP contribution in [0.1, 0.15) is 25.0 Å². The fourth-order valence-corrected chi connectivity index (χ4v) is 4.85. The van der Waals surface area contributed by atoms with Crippen molar-refractivity contribution < 1.29 is 22.8 Å². The second kappa shape index (κ2) is 9.30. The molecule has 13 heteroatoms. The first kappa shape index (κ1) is 24.4. The second-order valence-corrected chi connectivity index (χ2v) is 9.00. The Labute approximate surface area is 209 Å². The van der Waals surface area contributed by atoms with Gasteiger partial charge in [-0.1, -0.05) is 25.5 Å². The van der Waals surface area contributed by atoms with Crippen molar-refractivity contribution in [2.45, 2.75) is 25.4 Å². The normalized spacial score (nSPS) is 18.0. The van der Waals surface area contributed by atoms with E-state index < -0.39 is 24.8 Å². The quantitative estimate of drug-likeness (QED) is 0.355. The lowest BCUT2D eigenvalue weighted by molar-refractivity contribution is -0.123. The molecule has 1 aromatic carbocycles. The molecule has 3 amide bonds. The molecular weight excluding hydrogens is 489 g/mol. The van der Waals surface area contributed by atoms with Crippen LogP contribution in [0.4, 0.5) is 34.1 Å². The number of urea groups is 1. The van der Waals surface area contributed by atoms with Crippen LogP contribution in [0.25, 0.3) is 16.8 Å². The van der Waals surface area contributed by atoms with Crippen LogP contribution in [0.5, 0.6) is 0 Å². The number of rotatable bonds is 4. The lowest BCUT2D eigenvalue weighted by atomic mass is 9.91. The van der Waals surface area contributed by atoms with E-state index in [4.69, 9.17) is 5.73 Å². The minimum atomic E-state index is -4.48. The number of fused-ring (bicyclic) bond motifs is 3. The maximum atomic E-state index is 13.0. The van der Waals surface area contributed by atoms with E-state index in [2.05, 4.69) is 15.3 Å². The molecule has 2 atom stereocenters. The number of nitrogens with two attached hydrogens (primary N) is 1. The van der Waals surface area contributed by atoms with Crippen molar-refractivity contribution in [3.63, 3.8) is 0 Å². The highest BCUT2D eigenvalue weighted by Gasteiger charge is 2.38. The summed E-state index contributed by atoms with van der Waals surface area (Å²) in [6, 6.07) is 7.46. The van der Waals surface area contributed by atoms with E-state index in [0.717, 1.165) is 12.1 Å². The van der Waals surface area contributed by atoms with Gasteiger partial charge in [0, 0.05) is 37.1 Å². The molecule has 4 N–H and O–H groups in total. The van der Waals surface area contributed by atoms with E-state index in [0.29, 0.717) is 34.7 Å². The van der Waals surface area contributed by atoms with Crippen LogP contribution in [0.2, 0.25) is 0 Å². The molecule has 0 spiro atoms. The number of amides is 3. The molecule has 0 saturated carbocycles. The van der Waals surface area contributed by atoms with Gasteiger partial charge in [-0.15, -0.1) is 0 Å². The third kappa shape index (κ3) is 4.63. The van der Waals surface area contributed by atoms with Crippen molar-refractivity contribution in [3.8, 4) is 0 Å². The molecule has 3 aromatic heterocycles. The Kier molecular flexibility index (Phi) is 6.13. The average molecular weight is 515 g/mol. The number of likely N-dealkylation sites (tertiary alicyclic amines) is 1. The molecule has 4 heterocycles. The van der Waals surface area contributed by atoms with Crippen LogP contribution in [0.15, 0.2) is 48.9 Å². The van der Waals surface area contributed by atoms with Crippen LogP contribution in [0.3, 0.4) is 0 Å². The number of alkyl halides is 3. The minimum Gasteiger partial charge on any atom is -0.397 e. The molecule has 1 saturated heterocycles. The molecule has 0 aliphatic carbocycles. The van der Waals surface area contributed by atoms with Gasteiger partial charge in [0.2, 0.25) is 0 Å². The highest BCUT2D eigenvalue weighted by molar-refractivity contribution is 5.98. The number of carbonyl (C=O) groups excluding carboxylic acids is 2. The number of hydrogen-bond acceptors (Lipinski definition) is 5. The van der Waals surface area contributed by atoms with Gasteiger partial charge in [0.25, 0.3) is 0 Å². The number of benzene rings is 1. The van der Waals surface area contributed by atoms with E-state index in [1.54, 1.807) is 48.9 Å². The summed E-state index contributed by atoms with van der Waals surface area (Å²) in [5, 5.41) is 4.73. The predicted octanol–water partition coefficient (Wildman–Crippen LogP) is 4.04. The zero-order valence-corrected chi connectivity index (χ0v) is 19.9. The van der Waals surface area contributed by atoms with Crippen molar-refractivity contribution in [1.29, 1.82) is 0 Å². The molecule has 1 fully saturated rings. The Morgan fingerprint density at radius 1 is 1.11 bits per heavy atom. The smallest absolute Gasteiger partial charge is 0.397 e. The minimum absolute atomic E-state index is 0.0196. The van der Waals surface area contributed by atoms with E-state index in [1.807, 2.05) is 16.6 Å². The summed E-state index contributed by atoms with van der Waals surface area (Å²) in [7, 11) is 0. The monoisotopic (exact) mass is 514 g/mol. The number of para-hydroxylation sites is 2. The van der Waals surface area contributed by atoms with Gasteiger partial charge < -0.3 is 21.3 Å². The van der Waals surface area contributed by atoms with Gasteiger partial charge in [0.05, 0.1) is 23.1 Å². The number of carbonyl (C=O) groups is 2. The van der Waals surface area contributed by atoms with Crippen molar-refractivity contribution in [3.05, 3.63) is 54.6 Å². The van der Waals surface area contributed by atoms with Crippen LogP contribution in [-0.2, 0) is 0 Å². The van der Waals surface area contributed by atoms with E-state index in [1.165, 1.54) is 9.47 Å². The highest BCUT2D eigenvalue weighted by atomic mass is 19.4. The summed E-state index contributed by atoms with van der Waals surface area (Å²) in [4.78, 5) is 35.7. The van der Waals surface area contributed by atoms with Gasteiger partial charge in [-0.2, -0.15) is 13.2 Å². The third-order valence-electron chi connectivity index (χ3n) is 6.69. The van der Waals surface area contributed by atoms with Gasteiger partial charge in [-0.3, -0.25) is 8.97 Å². The lowest BCUT2D eigenvalue weighted by Crippen LogP contribution is -2.42. The molecule has 4 aromatic rings. The summed E-state index contributed by atoms with van der Waals surface area (Å²) >= 11 is 0. The predicted molar refractivity (Wildman–Crippen MR) is 131 cm³/mol. The zero-order chi connectivity index (χ0) is 26.3. The summed E-state index contributed by atoms with van der Waals surface area (Å²) in [6.07, 6.45) is 1.08. The first-order chi connectivity index (χ1) is 17.7. The van der Waals surface area contributed by atoms with E-state index >= 15 is 0 Å². The number of anilines is 2. The number of aromatic nitrogens is 4. The lowest BCUT2D eigenvalue weighted by Gasteiger charge is -2.18. The molecule has 1 aliphatic heterocycles. The molecule has 0 bridgehead atoms. The molecular formula is C24H25F3N8O2. The average Bonchev–Trinajstić information content (AvgIpc) is 3.58. The topological polar surface area (TPSA) is 123 Å². The van der Waals surface area contributed by atoms with Gasteiger partial charge >= 0.3 is 18.2 Å². The van der Waals surface area contributed by atoms with Crippen LogP contribution < -0.4 is 16.4 Å². The van der Waals surface area contributed by atoms with Gasteiger partial charge in [0.15, 0.2) is 11.3 Å². The molecule has 1 aliphatic rings. The van der Waals surface area contributed by atoms with Crippen molar-refractivity contribution in [2.24, 2.45) is 5.92 Å². The Morgan fingerprint density at radius 3 is 2.62 bits per heavy atom. The standard InChI is InChI=1S/C24H25F3N8O2/c1-2-14-11-33(22(36)31-13-24(25,26)27)12-15(14)19-9-29-20-10-30-21-18(35(19)20)7-8-34(21)23(37)32-17-6-4-3-5-16(17)28/h3-10,14-15H,2,11-13,28H2,1H3,(H,31,36)(H,32,37)/t14-,15+/m1/s1. The summed E-state index contributed by atoms with van der Waals surface area (Å²) in [5.74, 6) is -0.144. The second-order valence-electron chi connectivity index (χ2n) is 9.00. The van der Waals surface area contributed by atoms with E-state index in [-0.39, 0.29) is 18.4 Å². The highest BCUT2D eigenvalue weighted by Crippen LogP contribution is 2.36. The fraction of sp³-hybridized carbons (Fsp3) is 0.333. The number of imidazole rings is 1. The third-order valence-corrected chi connectivity index (χ3v) is 6.69. The molecule has 194 valence electrons. The van der Waals surface area contributed by atoms with Crippen molar-refractivity contribution in [1.82, 2.24) is 29.2 Å². The van der Waals surface area contributed by atoms with Crippen molar-refractivity contribution >= 4 is 40.2 Å². The fourth-order valence-electron chi connectivity index (χ4n) is 4.85. The first-order valence-electron chi connectivity index (χ1n) is 11.7. The number of nitrogen functional groups attached to an aromatic ring is 1. The first-order valence-corrected chi connectivity index (χ1v) is 11.7. The molecule has 5 rings (SSSR count). The Hall–Kier alpha value is -4.29. The molecule has 0 radical (unpaired) electrons. The number of hydrogen-bond donors (Lipinski definition) is 3. The summed E-state index contributed by atoms with van der Waals surface area (Å²) in [6.45, 7) is 1.17. The largest absolute Gasteiger partial charge is 0.405 e. The van der Waals surface area contributed by atoms with Crippen LogP contribution >= 0.6 is 0 Å². The SMILES string of the molecule is CC[C@@H]1CN(C(=O)NCC(F)(F)F)C[C@@H]1c1cnc2cnc3c(ccn3C(=O)Nc3ccccc3N)n12. The molecule has 0 unspecified atom stereocenters. The van der Waals surface area contributed by atoms with Gasteiger partial charge in [-0.05, 0) is 24.1 Å². The Morgan fingerprint density at radius 2 is 1.89 bits per heavy atom. The van der Waals surface area contributed by atoms with Gasteiger partial charge in [-0.25, -0.2) is 19.6 Å². The number of nitrogens with zero attached hydrogens (tertiary/aromatic N) is 5. The molecule has 10 nitrogen and oxygen atoms in total. The zero-order valence-electron chi connectivity index (χ0n) is 19.9. The van der Waals surface area contributed by atoms with Gasteiger partial charge in [0.1, 0.15) is 6.54 Å². The summed E-state index contributed by atoms with van der Waals surface area (Å²) in [5.41, 5.74) is 9.23. The van der Waals surface area contributed by atoms with Crippen LogP contribution in [0, 0.1) is 5.92 Å². The van der Waals surface area contributed by atoms with E-state index in [9.17, 15) is 22.8 Å². The molecule has 37 heavy (non-hydrogen) atoms. The maximum Gasteiger partial charge on any atom is 0.405 e. The number of halogens is 3. The summed E-state index contributed by atoms with van der Waals surface area (Å²) < 4.78 is 41.0. The van der Waals surface area contributed by atoms with Crippen molar-refractivity contribution in [2.75, 3.05) is 30.7 Å². The van der Waals surface area contributed by atoms with Crippen LogP contribution in [-0.4, -0.2) is 61.7 Å². The Bertz CT molecular complexity index is 1480. The number of nitrogens with one attached hydrogen (secondary N) is 2. The maximum absolute atomic E-state index is 13.0.